The molecule has 9 heteroatoms. The number of hydrogen-bond acceptors (Lipinski definition) is 6. The number of rotatable bonds is 3. The first kappa shape index (κ1) is 19.3. The van der Waals surface area contributed by atoms with Crippen LogP contribution in [0.3, 0.4) is 0 Å². The highest BCUT2D eigenvalue weighted by atomic mass is 32.2. The van der Waals surface area contributed by atoms with Gasteiger partial charge in [-0.2, -0.15) is 24.9 Å². The lowest BCUT2D eigenvalue weighted by Gasteiger charge is -2.30. The molecular weight excluding hydrogens is 389 g/mol. The molecule has 0 saturated carbocycles. The number of likely N-dealkylation sites (tertiary alicyclic amines) is 1. The second-order valence-electron chi connectivity index (χ2n) is 7.32. The van der Waals surface area contributed by atoms with Gasteiger partial charge in [0.2, 0.25) is 0 Å². The zero-order valence-electron chi connectivity index (χ0n) is 15.4. The van der Waals surface area contributed by atoms with E-state index in [-0.39, 0.29) is 5.56 Å². The molecule has 0 spiro atoms. The van der Waals surface area contributed by atoms with Crippen LogP contribution in [0, 0.1) is 0 Å². The number of benzene rings is 1. The molecule has 1 aromatic heterocycles. The Morgan fingerprint density at radius 1 is 1.21 bits per heavy atom. The number of aromatic hydroxyl groups is 1. The lowest BCUT2D eigenvalue weighted by Crippen LogP contribution is -2.40. The van der Waals surface area contributed by atoms with Crippen molar-refractivity contribution < 1.29 is 18.3 Å². The van der Waals surface area contributed by atoms with E-state index in [0.29, 0.717) is 17.5 Å². The lowest BCUT2D eigenvalue weighted by molar-refractivity contribution is -0.137. The largest absolute Gasteiger partial charge is 0.507 e. The molecule has 4 rings (SSSR count). The van der Waals surface area contributed by atoms with Crippen LogP contribution in [-0.4, -0.2) is 46.4 Å². The summed E-state index contributed by atoms with van der Waals surface area (Å²) < 4.78 is 38.6. The minimum absolute atomic E-state index is 0.281. The van der Waals surface area contributed by atoms with Crippen LogP contribution in [0.5, 0.6) is 5.75 Å². The number of alkyl halides is 3. The average Bonchev–Trinajstić information content (AvgIpc) is 3.12. The predicted octanol–water partition coefficient (Wildman–Crippen LogP) is 4.12. The van der Waals surface area contributed by atoms with Crippen LogP contribution < -0.4 is 5.32 Å². The van der Waals surface area contributed by atoms with E-state index in [9.17, 15) is 18.3 Å². The normalized spacial score (nSPS) is 20.2. The molecule has 2 aliphatic rings. The van der Waals surface area contributed by atoms with Crippen molar-refractivity contribution in [1.29, 1.82) is 0 Å². The number of phenolic OH excluding ortho intramolecular Hbond substituents is 1. The minimum Gasteiger partial charge on any atom is -0.507 e. The number of nitrogens with zero attached hydrogens (tertiary/aromatic N) is 3. The van der Waals surface area contributed by atoms with E-state index in [2.05, 4.69) is 27.5 Å². The summed E-state index contributed by atoms with van der Waals surface area (Å²) in [5.74, 6) is 1.78. The number of halogens is 3. The van der Waals surface area contributed by atoms with Gasteiger partial charge in [0.1, 0.15) is 11.4 Å². The summed E-state index contributed by atoms with van der Waals surface area (Å²) in [6.45, 7) is 2.02. The van der Waals surface area contributed by atoms with Gasteiger partial charge >= 0.3 is 6.18 Å². The van der Waals surface area contributed by atoms with Crippen LogP contribution in [-0.2, 0) is 17.7 Å². The van der Waals surface area contributed by atoms with E-state index in [1.54, 1.807) is 11.8 Å². The Balaban J connectivity index is 1.66. The number of piperidine rings is 1. The molecule has 28 heavy (non-hydrogen) atoms. The summed E-state index contributed by atoms with van der Waals surface area (Å²) in [7, 11) is 2.09. The molecule has 150 valence electrons. The second-order valence-corrected chi connectivity index (χ2v) is 8.31. The maximum absolute atomic E-state index is 12.9. The van der Waals surface area contributed by atoms with Crippen molar-refractivity contribution >= 4 is 17.6 Å². The molecule has 1 saturated heterocycles. The van der Waals surface area contributed by atoms with Crippen LogP contribution in [0.4, 0.5) is 19.0 Å². The lowest BCUT2D eigenvalue weighted by atomic mass is 10.0. The number of hydrogen-bond donors (Lipinski definition) is 2. The van der Waals surface area contributed by atoms with Gasteiger partial charge in [-0.25, -0.2) is 0 Å². The molecule has 2 aromatic rings. The summed E-state index contributed by atoms with van der Waals surface area (Å²) in [6, 6.07) is 3.28. The summed E-state index contributed by atoms with van der Waals surface area (Å²) in [5, 5.41) is 22.3. The third-order valence-electron chi connectivity index (χ3n) is 5.22. The van der Waals surface area contributed by atoms with E-state index in [4.69, 9.17) is 0 Å². The topological polar surface area (TPSA) is 61.3 Å². The van der Waals surface area contributed by atoms with Crippen molar-refractivity contribution in [3.05, 3.63) is 34.9 Å². The molecule has 0 radical (unpaired) electrons. The van der Waals surface area contributed by atoms with Gasteiger partial charge in [0.25, 0.3) is 0 Å². The Labute approximate surface area is 165 Å². The smallest absolute Gasteiger partial charge is 0.416 e. The molecule has 1 atom stereocenters. The Bertz CT molecular complexity index is 890. The predicted molar refractivity (Wildman–Crippen MR) is 103 cm³/mol. The van der Waals surface area contributed by atoms with E-state index >= 15 is 0 Å². The van der Waals surface area contributed by atoms with Crippen LogP contribution in [0.25, 0.3) is 11.3 Å². The Kier molecular flexibility index (Phi) is 5.13. The van der Waals surface area contributed by atoms with E-state index in [1.165, 1.54) is 6.07 Å². The third kappa shape index (κ3) is 3.77. The highest BCUT2D eigenvalue weighted by Gasteiger charge is 2.32. The zero-order valence-corrected chi connectivity index (χ0v) is 16.2. The van der Waals surface area contributed by atoms with Crippen molar-refractivity contribution in [3.63, 3.8) is 0 Å². The highest BCUT2D eigenvalue weighted by molar-refractivity contribution is 7.98. The molecule has 0 unspecified atom stereocenters. The first-order chi connectivity index (χ1) is 13.3. The van der Waals surface area contributed by atoms with Gasteiger partial charge in [-0.15, -0.1) is 10.2 Å². The van der Waals surface area contributed by atoms with Gasteiger partial charge in [-0.3, -0.25) is 0 Å². The number of likely N-dealkylation sites (N-methyl/N-ethyl adjacent to an activating group) is 1. The number of nitrogens with one attached hydrogen (secondary N) is 1. The maximum Gasteiger partial charge on any atom is 0.416 e. The fourth-order valence-electron chi connectivity index (χ4n) is 3.79. The quantitative estimate of drug-likeness (QED) is 0.794. The Morgan fingerprint density at radius 3 is 2.71 bits per heavy atom. The van der Waals surface area contributed by atoms with Crippen LogP contribution in [0.1, 0.15) is 29.5 Å². The molecule has 0 aliphatic carbocycles. The molecule has 0 bridgehead atoms. The van der Waals surface area contributed by atoms with Crippen molar-refractivity contribution in [1.82, 2.24) is 15.1 Å². The average molecular weight is 410 g/mol. The third-order valence-corrected chi connectivity index (χ3v) is 6.21. The van der Waals surface area contributed by atoms with Gasteiger partial charge in [0, 0.05) is 35.2 Å². The zero-order chi connectivity index (χ0) is 19.9. The first-order valence-corrected chi connectivity index (χ1v) is 10.3. The Morgan fingerprint density at radius 2 is 2.00 bits per heavy atom. The molecule has 3 heterocycles. The van der Waals surface area contributed by atoms with Crippen molar-refractivity contribution in [2.24, 2.45) is 0 Å². The SMILES string of the molecule is CN1CCC[C@@H](Nc2nnc(-c3ccc(C(F)(F)F)cc3O)c3c2CSC3)C1. The van der Waals surface area contributed by atoms with Gasteiger partial charge < -0.3 is 15.3 Å². The fourth-order valence-corrected chi connectivity index (χ4v) is 4.92. The number of thioether (sulfide) groups is 1. The van der Waals surface area contributed by atoms with Gasteiger partial charge in [-0.05, 0) is 50.2 Å². The molecule has 5 nitrogen and oxygen atoms in total. The molecule has 2 aliphatic heterocycles. The molecular formula is C19H21F3N4OS. The summed E-state index contributed by atoms with van der Waals surface area (Å²) in [6.07, 6.45) is -2.31. The number of anilines is 1. The minimum atomic E-state index is -4.50. The monoisotopic (exact) mass is 410 g/mol. The Hall–Kier alpha value is -2.00. The van der Waals surface area contributed by atoms with E-state index in [0.717, 1.165) is 60.8 Å². The van der Waals surface area contributed by atoms with Gasteiger partial charge in [0.15, 0.2) is 5.82 Å². The van der Waals surface area contributed by atoms with E-state index in [1.807, 2.05) is 0 Å². The molecule has 1 fully saturated rings. The summed E-state index contributed by atoms with van der Waals surface area (Å²) in [4.78, 5) is 2.28. The second kappa shape index (κ2) is 7.44. The summed E-state index contributed by atoms with van der Waals surface area (Å²) >= 11 is 1.71. The van der Waals surface area contributed by atoms with Gasteiger partial charge in [0.05, 0.1) is 5.56 Å². The van der Waals surface area contributed by atoms with Gasteiger partial charge in [-0.1, -0.05) is 0 Å². The van der Waals surface area contributed by atoms with Crippen LogP contribution in [0.15, 0.2) is 18.2 Å². The number of phenols is 1. The summed E-state index contributed by atoms with van der Waals surface area (Å²) in [5.41, 5.74) is 1.82. The maximum atomic E-state index is 12.9. The number of fused-ring (bicyclic) bond motifs is 1. The van der Waals surface area contributed by atoms with Crippen molar-refractivity contribution in [2.75, 3.05) is 25.5 Å². The number of aromatic nitrogens is 2. The van der Waals surface area contributed by atoms with Crippen molar-refractivity contribution in [2.45, 2.75) is 36.6 Å². The van der Waals surface area contributed by atoms with E-state index < -0.39 is 17.5 Å². The molecule has 2 N–H and O–H groups in total. The standard InChI is InChI=1S/C19H21F3N4OS/c1-26-6-2-3-12(8-26)23-18-15-10-28-9-14(15)17(24-25-18)13-5-4-11(7-16(13)27)19(20,21)22/h4-5,7,12,27H,2-3,6,8-10H2,1H3,(H,23,25)/t12-/m1/s1. The molecule has 1 aromatic carbocycles. The molecule has 0 amide bonds. The van der Waals surface area contributed by atoms with Crippen LogP contribution >= 0.6 is 11.8 Å². The fraction of sp³-hybridized carbons (Fsp3) is 0.474. The van der Waals surface area contributed by atoms with Crippen LogP contribution in [0.2, 0.25) is 0 Å². The highest BCUT2D eigenvalue weighted by Crippen LogP contribution is 2.42. The first-order valence-electron chi connectivity index (χ1n) is 9.15. The van der Waals surface area contributed by atoms with Crippen molar-refractivity contribution in [3.8, 4) is 17.0 Å².